The first-order valence-electron chi connectivity index (χ1n) is 7.21. The first-order valence-corrected chi connectivity index (χ1v) is 7.21. The summed E-state index contributed by atoms with van der Waals surface area (Å²) in [6, 6.07) is 3.80. The van der Waals surface area contributed by atoms with E-state index in [0.717, 1.165) is 25.4 Å². The van der Waals surface area contributed by atoms with Gasteiger partial charge < -0.3 is 20.0 Å². The minimum atomic E-state index is 0.236. The maximum Gasteiger partial charge on any atom is 0.232 e. The van der Waals surface area contributed by atoms with Crippen molar-refractivity contribution in [1.82, 2.24) is 15.0 Å². The van der Waals surface area contributed by atoms with Gasteiger partial charge in [0.2, 0.25) is 17.8 Å². The molecule has 0 saturated heterocycles. The fraction of sp³-hybridized carbons (Fsp3) is 0.500. The van der Waals surface area contributed by atoms with Gasteiger partial charge in [0.1, 0.15) is 5.76 Å². The molecule has 114 valence electrons. The van der Waals surface area contributed by atoms with Crippen molar-refractivity contribution in [3.8, 4) is 0 Å². The Labute approximate surface area is 124 Å². The predicted octanol–water partition coefficient (Wildman–Crippen LogP) is 1.92. The van der Waals surface area contributed by atoms with E-state index < -0.39 is 0 Å². The van der Waals surface area contributed by atoms with E-state index in [2.05, 4.69) is 28.8 Å². The summed E-state index contributed by atoms with van der Waals surface area (Å²) in [4.78, 5) is 17.1. The first-order chi connectivity index (χ1) is 10.2. The number of rotatable bonds is 7. The van der Waals surface area contributed by atoms with Crippen molar-refractivity contribution in [3.05, 3.63) is 24.2 Å². The lowest BCUT2D eigenvalue weighted by molar-refractivity contribution is 0.501. The Morgan fingerprint density at radius 2 is 1.62 bits per heavy atom. The van der Waals surface area contributed by atoms with Crippen LogP contribution in [0.3, 0.4) is 0 Å². The van der Waals surface area contributed by atoms with E-state index in [9.17, 15) is 0 Å². The minimum absolute atomic E-state index is 0.236. The molecule has 2 N–H and O–H groups in total. The Kier molecular flexibility index (Phi) is 4.97. The zero-order valence-corrected chi connectivity index (χ0v) is 12.8. The third kappa shape index (κ3) is 3.62. The summed E-state index contributed by atoms with van der Waals surface area (Å²) < 4.78 is 5.38. The van der Waals surface area contributed by atoms with Crippen LogP contribution >= 0.6 is 0 Å². The Hall–Kier alpha value is -2.31. The molecule has 0 unspecified atom stereocenters. The molecule has 2 rings (SSSR count). The summed E-state index contributed by atoms with van der Waals surface area (Å²) in [5, 5.41) is 0. The first kappa shape index (κ1) is 15.1. The van der Waals surface area contributed by atoms with Gasteiger partial charge in [-0.15, -0.1) is 0 Å². The van der Waals surface area contributed by atoms with Crippen LogP contribution in [-0.2, 0) is 6.54 Å². The second kappa shape index (κ2) is 6.92. The van der Waals surface area contributed by atoms with Crippen LogP contribution in [0.15, 0.2) is 22.8 Å². The molecule has 0 radical (unpaired) electrons. The van der Waals surface area contributed by atoms with Crippen molar-refractivity contribution in [2.45, 2.75) is 27.3 Å². The summed E-state index contributed by atoms with van der Waals surface area (Å²) in [6.45, 7) is 9.16. The van der Waals surface area contributed by atoms with Crippen molar-refractivity contribution < 1.29 is 4.42 Å². The van der Waals surface area contributed by atoms with Gasteiger partial charge in [-0.2, -0.15) is 15.0 Å². The second-order valence-electron chi connectivity index (χ2n) is 4.56. The number of hydrogen-bond acceptors (Lipinski definition) is 7. The van der Waals surface area contributed by atoms with E-state index in [1.54, 1.807) is 6.26 Å². The second-order valence-corrected chi connectivity index (χ2v) is 4.56. The van der Waals surface area contributed by atoms with Crippen molar-refractivity contribution in [2.75, 3.05) is 35.2 Å². The number of hydrogen-bond donors (Lipinski definition) is 1. The molecule has 2 aromatic rings. The number of nitrogens with two attached hydrogens (primary N) is 1. The maximum absolute atomic E-state index is 5.83. The van der Waals surface area contributed by atoms with Crippen LogP contribution in [0.25, 0.3) is 0 Å². The van der Waals surface area contributed by atoms with Gasteiger partial charge in [-0.1, -0.05) is 0 Å². The molecule has 0 spiro atoms. The Balaban J connectivity index is 2.28. The van der Waals surface area contributed by atoms with Gasteiger partial charge in [0.05, 0.1) is 12.8 Å². The number of aromatic nitrogens is 3. The largest absolute Gasteiger partial charge is 0.467 e. The highest BCUT2D eigenvalue weighted by molar-refractivity contribution is 5.43. The lowest BCUT2D eigenvalue weighted by Gasteiger charge is -2.23. The fourth-order valence-corrected chi connectivity index (χ4v) is 2.07. The SMILES string of the molecule is CCN(CC)c1nc(N)nc(N(CC)Cc2ccco2)n1. The molecular weight excluding hydrogens is 268 g/mol. The average Bonchev–Trinajstić information content (AvgIpc) is 2.98. The maximum atomic E-state index is 5.83. The van der Waals surface area contributed by atoms with Gasteiger partial charge in [-0.05, 0) is 32.9 Å². The molecular formula is C14H22N6O. The minimum Gasteiger partial charge on any atom is -0.467 e. The Bertz CT molecular complexity index is 553. The molecule has 7 heteroatoms. The van der Waals surface area contributed by atoms with E-state index in [1.807, 2.05) is 28.9 Å². The van der Waals surface area contributed by atoms with Crippen LogP contribution in [-0.4, -0.2) is 34.6 Å². The molecule has 0 amide bonds. The fourth-order valence-electron chi connectivity index (χ4n) is 2.07. The topological polar surface area (TPSA) is 84.3 Å². The molecule has 0 aliphatic rings. The number of anilines is 3. The highest BCUT2D eigenvalue weighted by Crippen LogP contribution is 2.17. The third-order valence-corrected chi connectivity index (χ3v) is 3.27. The summed E-state index contributed by atoms with van der Waals surface area (Å²) in [6.07, 6.45) is 1.66. The molecule has 2 aromatic heterocycles. The molecule has 0 aliphatic heterocycles. The lowest BCUT2D eigenvalue weighted by atomic mass is 10.4. The quantitative estimate of drug-likeness (QED) is 0.833. The van der Waals surface area contributed by atoms with E-state index in [-0.39, 0.29) is 5.95 Å². The van der Waals surface area contributed by atoms with Crippen LogP contribution in [0.1, 0.15) is 26.5 Å². The van der Waals surface area contributed by atoms with Crippen LogP contribution in [0.2, 0.25) is 0 Å². The van der Waals surface area contributed by atoms with E-state index in [0.29, 0.717) is 18.4 Å². The van der Waals surface area contributed by atoms with Crippen LogP contribution < -0.4 is 15.5 Å². The monoisotopic (exact) mass is 290 g/mol. The normalized spacial score (nSPS) is 10.6. The standard InChI is InChI=1S/C14H22N6O/c1-4-19(5-2)13-16-12(15)17-14(18-13)20(6-3)10-11-8-7-9-21-11/h7-9H,4-6,10H2,1-3H3,(H2,15,16,17,18). The molecule has 7 nitrogen and oxygen atoms in total. The van der Waals surface area contributed by atoms with Crippen molar-refractivity contribution in [3.63, 3.8) is 0 Å². The van der Waals surface area contributed by atoms with Gasteiger partial charge in [0.15, 0.2) is 0 Å². The lowest BCUT2D eigenvalue weighted by Crippen LogP contribution is -2.28. The average molecular weight is 290 g/mol. The molecule has 2 heterocycles. The zero-order chi connectivity index (χ0) is 15.2. The summed E-state index contributed by atoms with van der Waals surface area (Å²) >= 11 is 0. The van der Waals surface area contributed by atoms with Crippen LogP contribution in [0.4, 0.5) is 17.8 Å². The molecule has 0 atom stereocenters. The van der Waals surface area contributed by atoms with Gasteiger partial charge >= 0.3 is 0 Å². The zero-order valence-electron chi connectivity index (χ0n) is 12.8. The number of furan rings is 1. The predicted molar refractivity (Wildman–Crippen MR) is 83.2 cm³/mol. The van der Waals surface area contributed by atoms with Crippen LogP contribution in [0.5, 0.6) is 0 Å². The van der Waals surface area contributed by atoms with E-state index in [4.69, 9.17) is 10.2 Å². The van der Waals surface area contributed by atoms with Gasteiger partial charge in [0, 0.05) is 19.6 Å². The number of nitrogen functional groups attached to an aromatic ring is 1. The third-order valence-electron chi connectivity index (χ3n) is 3.27. The summed E-state index contributed by atoms with van der Waals surface area (Å²) in [5.74, 6) is 2.28. The molecule has 0 aliphatic carbocycles. The van der Waals surface area contributed by atoms with Crippen molar-refractivity contribution >= 4 is 17.8 Å². The van der Waals surface area contributed by atoms with Gasteiger partial charge in [-0.3, -0.25) is 0 Å². The molecule has 0 saturated carbocycles. The smallest absolute Gasteiger partial charge is 0.232 e. The van der Waals surface area contributed by atoms with E-state index >= 15 is 0 Å². The van der Waals surface area contributed by atoms with Gasteiger partial charge in [-0.25, -0.2) is 0 Å². The Morgan fingerprint density at radius 3 is 2.14 bits per heavy atom. The van der Waals surface area contributed by atoms with Crippen molar-refractivity contribution in [2.24, 2.45) is 0 Å². The summed E-state index contributed by atoms with van der Waals surface area (Å²) in [5.41, 5.74) is 5.83. The van der Waals surface area contributed by atoms with Gasteiger partial charge in [0.25, 0.3) is 0 Å². The highest BCUT2D eigenvalue weighted by Gasteiger charge is 2.15. The molecule has 0 aromatic carbocycles. The van der Waals surface area contributed by atoms with E-state index in [1.165, 1.54) is 0 Å². The van der Waals surface area contributed by atoms with Crippen LogP contribution in [0, 0.1) is 0 Å². The molecule has 0 fully saturated rings. The highest BCUT2D eigenvalue weighted by atomic mass is 16.3. The number of nitrogens with zero attached hydrogens (tertiary/aromatic N) is 5. The Morgan fingerprint density at radius 1 is 1.00 bits per heavy atom. The van der Waals surface area contributed by atoms with Crippen molar-refractivity contribution in [1.29, 1.82) is 0 Å². The summed E-state index contributed by atoms with van der Waals surface area (Å²) in [7, 11) is 0. The molecule has 0 bridgehead atoms. The molecule has 21 heavy (non-hydrogen) atoms.